The molecule has 1 amide bonds. The Morgan fingerprint density at radius 3 is 2.67 bits per heavy atom. The van der Waals surface area contributed by atoms with Crippen LogP contribution in [0.4, 0.5) is 0 Å². The normalized spacial score (nSPS) is 23.3. The third-order valence-electron chi connectivity index (χ3n) is 6.12. The van der Waals surface area contributed by atoms with Crippen LogP contribution in [0, 0.1) is 5.41 Å². The summed E-state index contributed by atoms with van der Waals surface area (Å²) in [6, 6.07) is 14.7. The van der Waals surface area contributed by atoms with Crippen molar-refractivity contribution in [1.82, 2.24) is 14.8 Å². The number of likely N-dealkylation sites (tertiary alicyclic amines) is 2. The van der Waals surface area contributed by atoms with Crippen molar-refractivity contribution in [1.29, 1.82) is 0 Å². The van der Waals surface area contributed by atoms with Crippen LogP contribution in [-0.4, -0.2) is 46.9 Å². The van der Waals surface area contributed by atoms with E-state index in [2.05, 4.69) is 51.2 Å². The standard InChI is InChI=1S/C23H29N3O/c27-22-23(12-16-25(19-23)18-21-9-4-13-24-17-21)11-6-15-26(22)14-5-10-20-7-2-1-3-8-20/h1-4,7-9,13,17H,5-6,10-12,14-16,18-19H2/t23-/m1/s1. The molecule has 3 heterocycles. The summed E-state index contributed by atoms with van der Waals surface area (Å²) in [6.07, 6.45) is 9.02. The van der Waals surface area contributed by atoms with Gasteiger partial charge in [-0.15, -0.1) is 0 Å². The van der Waals surface area contributed by atoms with Crippen molar-refractivity contribution in [3.8, 4) is 0 Å². The molecule has 0 saturated carbocycles. The van der Waals surface area contributed by atoms with E-state index in [1.165, 1.54) is 11.1 Å². The minimum atomic E-state index is -0.146. The molecule has 0 N–H and O–H groups in total. The zero-order valence-electron chi connectivity index (χ0n) is 16.0. The lowest BCUT2D eigenvalue weighted by Crippen LogP contribution is -2.50. The summed E-state index contributed by atoms with van der Waals surface area (Å²) in [6.45, 7) is 4.63. The minimum Gasteiger partial charge on any atom is -0.342 e. The molecule has 0 aliphatic carbocycles. The number of hydrogen-bond acceptors (Lipinski definition) is 3. The van der Waals surface area contributed by atoms with Crippen LogP contribution in [-0.2, 0) is 17.8 Å². The first kappa shape index (κ1) is 18.2. The monoisotopic (exact) mass is 363 g/mol. The predicted octanol–water partition coefficient (Wildman–Crippen LogP) is 3.53. The van der Waals surface area contributed by atoms with E-state index in [9.17, 15) is 4.79 Å². The Balaban J connectivity index is 1.33. The maximum Gasteiger partial charge on any atom is 0.230 e. The number of carbonyl (C=O) groups excluding carboxylic acids is 1. The molecule has 2 aromatic rings. The number of amides is 1. The highest BCUT2D eigenvalue weighted by Crippen LogP contribution is 2.40. The molecule has 4 heteroatoms. The van der Waals surface area contributed by atoms with Crippen LogP contribution >= 0.6 is 0 Å². The van der Waals surface area contributed by atoms with Crippen LogP contribution in [0.25, 0.3) is 0 Å². The summed E-state index contributed by atoms with van der Waals surface area (Å²) in [7, 11) is 0. The largest absolute Gasteiger partial charge is 0.342 e. The third kappa shape index (κ3) is 4.22. The summed E-state index contributed by atoms with van der Waals surface area (Å²) in [5.74, 6) is 0.399. The minimum absolute atomic E-state index is 0.146. The van der Waals surface area contributed by atoms with Gasteiger partial charge in [-0.05, 0) is 55.8 Å². The first-order valence-electron chi connectivity index (χ1n) is 10.2. The van der Waals surface area contributed by atoms with Crippen molar-refractivity contribution in [3.63, 3.8) is 0 Å². The zero-order chi connectivity index (χ0) is 18.5. The highest BCUT2D eigenvalue weighted by molar-refractivity contribution is 5.84. The van der Waals surface area contributed by atoms with Gasteiger partial charge in [0.1, 0.15) is 0 Å². The van der Waals surface area contributed by atoms with Gasteiger partial charge in [0.2, 0.25) is 5.91 Å². The average Bonchev–Trinajstić information content (AvgIpc) is 3.10. The van der Waals surface area contributed by atoms with Gasteiger partial charge in [-0.3, -0.25) is 14.7 Å². The average molecular weight is 364 g/mol. The zero-order valence-corrected chi connectivity index (χ0v) is 16.0. The molecule has 0 radical (unpaired) electrons. The number of carbonyl (C=O) groups is 1. The van der Waals surface area contributed by atoms with Gasteiger partial charge in [0.25, 0.3) is 0 Å². The Hall–Kier alpha value is -2.20. The number of nitrogens with zero attached hydrogens (tertiary/aromatic N) is 3. The van der Waals surface area contributed by atoms with Crippen molar-refractivity contribution in [3.05, 3.63) is 66.0 Å². The first-order chi connectivity index (χ1) is 13.3. The molecule has 0 unspecified atom stereocenters. The molecule has 27 heavy (non-hydrogen) atoms. The summed E-state index contributed by atoms with van der Waals surface area (Å²) in [5.41, 5.74) is 2.45. The molecule has 1 aromatic heterocycles. The summed E-state index contributed by atoms with van der Waals surface area (Å²) < 4.78 is 0. The molecular formula is C23H29N3O. The number of aryl methyl sites for hydroxylation is 1. The fourth-order valence-electron chi connectivity index (χ4n) is 4.71. The van der Waals surface area contributed by atoms with Gasteiger partial charge >= 0.3 is 0 Å². The van der Waals surface area contributed by atoms with E-state index in [-0.39, 0.29) is 5.41 Å². The lowest BCUT2D eigenvalue weighted by atomic mass is 9.78. The number of pyridine rings is 1. The second-order valence-electron chi connectivity index (χ2n) is 8.09. The van der Waals surface area contributed by atoms with E-state index in [1.807, 2.05) is 18.5 Å². The maximum absolute atomic E-state index is 13.3. The van der Waals surface area contributed by atoms with Gasteiger partial charge in [0.05, 0.1) is 5.41 Å². The molecule has 4 nitrogen and oxygen atoms in total. The lowest BCUT2D eigenvalue weighted by molar-refractivity contribution is -0.145. The Labute approximate surface area is 162 Å². The SMILES string of the molecule is O=C1N(CCCc2ccccc2)CCC[C@]12CCN(Cc1cccnc1)C2. The van der Waals surface area contributed by atoms with Crippen molar-refractivity contribution in [2.75, 3.05) is 26.2 Å². The molecule has 4 rings (SSSR count). The number of piperidine rings is 1. The second kappa shape index (κ2) is 8.22. The molecule has 2 aliphatic heterocycles. The van der Waals surface area contributed by atoms with Crippen LogP contribution in [0.5, 0.6) is 0 Å². The van der Waals surface area contributed by atoms with Crippen LogP contribution in [0.2, 0.25) is 0 Å². The Bertz CT molecular complexity index is 749. The van der Waals surface area contributed by atoms with Crippen molar-refractivity contribution in [2.24, 2.45) is 5.41 Å². The van der Waals surface area contributed by atoms with E-state index in [4.69, 9.17) is 0 Å². The van der Waals surface area contributed by atoms with E-state index in [0.29, 0.717) is 5.91 Å². The van der Waals surface area contributed by atoms with Gasteiger partial charge in [-0.2, -0.15) is 0 Å². The van der Waals surface area contributed by atoms with E-state index >= 15 is 0 Å². The lowest BCUT2D eigenvalue weighted by Gasteiger charge is -2.39. The molecule has 2 fully saturated rings. The Morgan fingerprint density at radius 2 is 1.85 bits per heavy atom. The summed E-state index contributed by atoms with van der Waals surface area (Å²) in [5, 5.41) is 0. The van der Waals surface area contributed by atoms with Crippen molar-refractivity contribution >= 4 is 5.91 Å². The highest BCUT2D eigenvalue weighted by Gasteiger charge is 2.47. The van der Waals surface area contributed by atoms with Gasteiger partial charge in [-0.25, -0.2) is 0 Å². The van der Waals surface area contributed by atoms with E-state index in [0.717, 1.165) is 64.8 Å². The van der Waals surface area contributed by atoms with Crippen molar-refractivity contribution < 1.29 is 4.79 Å². The molecule has 142 valence electrons. The van der Waals surface area contributed by atoms with E-state index in [1.54, 1.807) is 0 Å². The molecule has 2 aliphatic rings. The molecular weight excluding hydrogens is 334 g/mol. The second-order valence-corrected chi connectivity index (χ2v) is 8.09. The number of hydrogen-bond donors (Lipinski definition) is 0. The summed E-state index contributed by atoms with van der Waals surface area (Å²) >= 11 is 0. The third-order valence-corrected chi connectivity index (χ3v) is 6.12. The number of rotatable bonds is 6. The smallest absolute Gasteiger partial charge is 0.230 e. The van der Waals surface area contributed by atoms with Crippen LogP contribution in [0.15, 0.2) is 54.9 Å². The van der Waals surface area contributed by atoms with E-state index < -0.39 is 0 Å². The molecule has 1 spiro atoms. The van der Waals surface area contributed by atoms with Crippen LogP contribution in [0.1, 0.15) is 36.8 Å². The quantitative estimate of drug-likeness (QED) is 0.788. The van der Waals surface area contributed by atoms with Gasteiger partial charge in [0, 0.05) is 38.6 Å². The summed E-state index contributed by atoms with van der Waals surface area (Å²) in [4.78, 5) is 22.1. The predicted molar refractivity (Wildman–Crippen MR) is 107 cm³/mol. The van der Waals surface area contributed by atoms with Gasteiger partial charge in [0.15, 0.2) is 0 Å². The Kier molecular flexibility index (Phi) is 5.53. The molecule has 1 aromatic carbocycles. The van der Waals surface area contributed by atoms with Crippen LogP contribution < -0.4 is 0 Å². The molecule has 0 bridgehead atoms. The first-order valence-corrected chi connectivity index (χ1v) is 10.2. The molecule has 2 saturated heterocycles. The van der Waals surface area contributed by atoms with Gasteiger partial charge in [-0.1, -0.05) is 36.4 Å². The molecule has 1 atom stereocenters. The van der Waals surface area contributed by atoms with Crippen LogP contribution in [0.3, 0.4) is 0 Å². The van der Waals surface area contributed by atoms with Crippen molar-refractivity contribution in [2.45, 2.75) is 38.6 Å². The maximum atomic E-state index is 13.3. The number of benzene rings is 1. The highest BCUT2D eigenvalue weighted by atomic mass is 16.2. The fraction of sp³-hybridized carbons (Fsp3) is 0.478. The Morgan fingerprint density at radius 1 is 1.00 bits per heavy atom. The fourth-order valence-corrected chi connectivity index (χ4v) is 4.71. The van der Waals surface area contributed by atoms with Gasteiger partial charge < -0.3 is 4.90 Å². The topological polar surface area (TPSA) is 36.4 Å². The number of aromatic nitrogens is 1.